The van der Waals surface area contributed by atoms with Crippen molar-refractivity contribution in [2.24, 2.45) is 5.73 Å². The number of hydrogen-bond acceptors (Lipinski definition) is 5. The van der Waals surface area contributed by atoms with Crippen molar-refractivity contribution in [1.29, 1.82) is 0 Å². The Hall–Kier alpha value is -1.72. The molecule has 0 fully saturated rings. The summed E-state index contributed by atoms with van der Waals surface area (Å²) in [6, 6.07) is 5.47. The van der Waals surface area contributed by atoms with Gasteiger partial charge in [0, 0.05) is 21.9 Å². The van der Waals surface area contributed by atoms with Crippen molar-refractivity contribution >= 4 is 11.3 Å². The molecule has 2 N–H and O–H groups in total. The van der Waals surface area contributed by atoms with Crippen molar-refractivity contribution in [1.82, 2.24) is 0 Å². The predicted octanol–water partition coefficient (Wildman–Crippen LogP) is 3.44. The van der Waals surface area contributed by atoms with E-state index in [1.807, 2.05) is 12.1 Å². The fraction of sp³-hybridized carbons (Fsp3) is 0.375. The maximum absolute atomic E-state index is 6.45. The van der Waals surface area contributed by atoms with Gasteiger partial charge in [-0.25, -0.2) is 0 Å². The van der Waals surface area contributed by atoms with Gasteiger partial charge in [0.25, 0.3) is 0 Å². The summed E-state index contributed by atoms with van der Waals surface area (Å²) >= 11 is 1.70. The molecule has 0 aliphatic heterocycles. The highest BCUT2D eigenvalue weighted by Crippen LogP contribution is 2.41. The molecule has 0 aliphatic carbocycles. The monoisotopic (exact) mass is 307 g/mol. The molecular formula is C16H21NO3S. The Labute approximate surface area is 129 Å². The van der Waals surface area contributed by atoms with Crippen LogP contribution in [0.1, 0.15) is 26.9 Å². The molecule has 4 nitrogen and oxygen atoms in total. The zero-order chi connectivity index (χ0) is 15.6. The van der Waals surface area contributed by atoms with Gasteiger partial charge in [-0.2, -0.15) is 0 Å². The van der Waals surface area contributed by atoms with Gasteiger partial charge in [-0.3, -0.25) is 0 Å². The maximum Gasteiger partial charge on any atom is 0.131 e. The Bertz CT molecular complexity index is 592. The molecule has 0 bridgehead atoms. The van der Waals surface area contributed by atoms with Gasteiger partial charge >= 0.3 is 0 Å². The molecule has 2 rings (SSSR count). The first-order chi connectivity index (χ1) is 10.0. The van der Waals surface area contributed by atoms with Crippen molar-refractivity contribution in [2.75, 3.05) is 21.3 Å². The first kappa shape index (κ1) is 15.7. The molecule has 0 amide bonds. The summed E-state index contributed by atoms with van der Waals surface area (Å²) in [5.74, 6) is 2.02. The van der Waals surface area contributed by atoms with Crippen molar-refractivity contribution in [3.05, 3.63) is 39.1 Å². The van der Waals surface area contributed by atoms with Crippen LogP contribution in [0.15, 0.2) is 18.2 Å². The number of nitrogens with two attached hydrogens (primary N) is 1. The number of benzene rings is 1. The van der Waals surface area contributed by atoms with Crippen LogP contribution in [0.4, 0.5) is 0 Å². The normalized spacial score (nSPS) is 12.1. The van der Waals surface area contributed by atoms with Crippen molar-refractivity contribution in [3.63, 3.8) is 0 Å². The lowest BCUT2D eigenvalue weighted by atomic mass is 10.0. The molecule has 1 atom stereocenters. The van der Waals surface area contributed by atoms with Crippen LogP contribution in [0.2, 0.25) is 0 Å². The minimum absolute atomic E-state index is 0.293. The Morgan fingerprint density at radius 3 is 1.90 bits per heavy atom. The third-order valence-corrected chi connectivity index (χ3v) is 4.79. The average Bonchev–Trinajstić information content (AvgIpc) is 2.84. The number of aryl methyl sites for hydroxylation is 2. The van der Waals surface area contributed by atoms with E-state index in [1.54, 1.807) is 32.7 Å². The molecule has 114 valence electrons. The first-order valence-corrected chi connectivity index (χ1v) is 7.45. The van der Waals surface area contributed by atoms with Crippen LogP contribution in [-0.4, -0.2) is 21.3 Å². The van der Waals surface area contributed by atoms with Crippen LogP contribution in [0.5, 0.6) is 17.2 Å². The molecule has 1 unspecified atom stereocenters. The number of ether oxygens (including phenoxy) is 3. The largest absolute Gasteiger partial charge is 0.496 e. The fourth-order valence-corrected chi connectivity index (χ4v) is 3.29. The van der Waals surface area contributed by atoms with Gasteiger partial charge in [0.15, 0.2) is 0 Å². The van der Waals surface area contributed by atoms with Gasteiger partial charge in [-0.05, 0) is 25.5 Å². The Morgan fingerprint density at radius 1 is 0.952 bits per heavy atom. The second-order valence-corrected chi connectivity index (χ2v) is 6.10. The van der Waals surface area contributed by atoms with Gasteiger partial charge < -0.3 is 19.9 Å². The molecule has 0 radical (unpaired) electrons. The van der Waals surface area contributed by atoms with E-state index < -0.39 is 0 Å². The summed E-state index contributed by atoms with van der Waals surface area (Å²) in [5, 5.41) is 0. The quantitative estimate of drug-likeness (QED) is 0.919. The summed E-state index contributed by atoms with van der Waals surface area (Å²) in [6.07, 6.45) is 0. The van der Waals surface area contributed by atoms with E-state index in [-0.39, 0.29) is 6.04 Å². The van der Waals surface area contributed by atoms with Gasteiger partial charge in [0.1, 0.15) is 17.2 Å². The van der Waals surface area contributed by atoms with E-state index >= 15 is 0 Å². The third kappa shape index (κ3) is 2.99. The molecule has 1 aromatic carbocycles. The van der Waals surface area contributed by atoms with E-state index in [0.29, 0.717) is 17.2 Å². The molecule has 5 heteroatoms. The minimum atomic E-state index is -0.293. The zero-order valence-corrected chi connectivity index (χ0v) is 13.8. The molecule has 1 heterocycles. The lowest BCUT2D eigenvalue weighted by Crippen LogP contribution is -2.13. The van der Waals surface area contributed by atoms with Crippen molar-refractivity contribution < 1.29 is 14.2 Å². The van der Waals surface area contributed by atoms with Gasteiger partial charge in [0.05, 0.1) is 32.9 Å². The molecule has 2 aromatic rings. The summed E-state index contributed by atoms with van der Waals surface area (Å²) in [4.78, 5) is 2.36. The van der Waals surface area contributed by atoms with E-state index in [9.17, 15) is 0 Å². The van der Waals surface area contributed by atoms with Crippen LogP contribution in [0.3, 0.4) is 0 Å². The molecule has 0 saturated heterocycles. The topological polar surface area (TPSA) is 53.7 Å². The first-order valence-electron chi connectivity index (χ1n) is 6.64. The SMILES string of the molecule is COc1cc(OC)c(C(N)c2cc(C)c(C)s2)c(OC)c1. The van der Waals surface area contributed by atoms with Gasteiger partial charge in [-0.15, -0.1) is 11.3 Å². The summed E-state index contributed by atoms with van der Waals surface area (Å²) < 4.78 is 16.2. The second-order valence-electron chi connectivity index (χ2n) is 4.81. The highest BCUT2D eigenvalue weighted by Gasteiger charge is 2.22. The van der Waals surface area contributed by atoms with Crippen molar-refractivity contribution in [2.45, 2.75) is 19.9 Å². The van der Waals surface area contributed by atoms with Gasteiger partial charge in [-0.1, -0.05) is 0 Å². The van der Waals surface area contributed by atoms with Crippen LogP contribution in [0, 0.1) is 13.8 Å². The highest BCUT2D eigenvalue weighted by molar-refractivity contribution is 7.12. The number of hydrogen-bond donors (Lipinski definition) is 1. The highest BCUT2D eigenvalue weighted by atomic mass is 32.1. The van der Waals surface area contributed by atoms with E-state index in [2.05, 4.69) is 19.9 Å². The van der Waals surface area contributed by atoms with E-state index in [1.165, 1.54) is 10.4 Å². The Balaban J connectivity index is 2.55. The van der Waals surface area contributed by atoms with Crippen LogP contribution < -0.4 is 19.9 Å². The zero-order valence-electron chi connectivity index (χ0n) is 13.0. The molecule has 21 heavy (non-hydrogen) atoms. The third-order valence-electron chi connectivity index (χ3n) is 3.56. The number of rotatable bonds is 5. The van der Waals surface area contributed by atoms with E-state index in [4.69, 9.17) is 19.9 Å². The van der Waals surface area contributed by atoms with E-state index in [0.717, 1.165) is 10.4 Å². The molecule has 0 saturated carbocycles. The predicted molar refractivity (Wildman–Crippen MR) is 85.9 cm³/mol. The molecule has 0 aliphatic rings. The molecular weight excluding hydrogens is 286 g/mol. The summed E-state index contributed by atoms with van der Waals surface area (Å²) in [7, 11) is 4.85. The minimum Gasteiger partial charge on any atom is -0.496 e. The molecule has 0 spiro atoms. The smallest absolute Gasteiger partial charge is 0.131 e. The second kappa shape index (κ2) is 6.37. The maximum atomic E-state index is 6.45. The van der Waals surface area contributed by atoms with Crippen LogP contribution in [0.25, 0.3) is 0 Å². The fourth-order valence-electron chi connectivity index (χ4n) is 2.24. The van der Waals surface area contributed by atoms with Gasteiger partial charge in [0.2, 0.25) is 0 Å². The number of methoxy groups -OCH3 is 3. The Morgan fingerprint density at radius 2 is 1.52 bits per heavy atom. The summed E-state index contributed by atoms with van der Waals surface area (Å²) in [6.45, 7) is 4.18. The van der Waals surface area contributed by atoms with Crippen molar-refractivity contribution in [3.8, 4) is 17.2 Å². The Kier molecular flexibility index (Phi) is 4.75. The number of thiophene rings is 1. The average molecular weight is 307 g/mol. The van der Waals surface area contributed by atoms with Crippen LogP contribution >= 0.6 is 11.3 Å². The summed E-state index contributed by atoms with van der Waals surface area (Å²) in [5.41, 5.74) is 8.53. The standard InChI is InChI=1S/C16H21NO3S/c1-9-6-14(21-10(9)2)16(17)15-12(19-4)7-11(18-3)8-13(15)20-5/h6-8,16H,17H2,1-5H3. The lowest BCUT2D eigenvalue weighted by molar-refractivity contribution is 0.367. The molecule has 1 aromatic heterocycles. The van der Waals surface area contributed by atoms with Crippen LogP contribution in [-0.2, 0) is 0 Å². The lowest BCUT2D eigenvalue weighted by Gasteiger charge is -2.19.